The maximum absolute atomic E-state index is 12.2. The van der Waals surface area contributed by atoms with Gasteiger partial charge in [-0.2, -0.15) is 13.2 Å². The summed E-state index contributed by atoms with van der Waals surface area (Å²) in [6.45, 7) is 0.148. The van der Waals surface area contributed by atoms with Gasteiger partial charge in [0.25, 0.3) is 5.91 Å². The number of rotatable bonds is 6. The number of carbonyl (C=O) groups excluding carboxylic acids is 2. The van der Waals surface area contributed by atoms with Crippen LogP contribution in [0.4, 0.5) is 18.2 Å². The van der Waals surface area contributed by atoms with Gasteiger partial charge >= 0.3 is 12.1 Å². The van der Waals surface area contributed by atoms with Crippen LogP contribution in [0.1, 0.15) is 27.8 Å². The van der Waals surface area contributed by atoms with E-state index in [1.807, 2.05) is 0 Å². The molecule has 0 aliphatic carbocycles. The number of anilines is 1. The first-order chi connectivity index (χ1) is 12.2. The topological polar surface area (TPSA) is 103 Å². The summed E-state index contributed by atoms with van der Waals surface area (Å²) in [6, 6.07) is 1.08. The molecule has 0 spiro atoms. The largest absolute Gasteiger partial charge is 0.467 e. The Hall–Kier alpha value is -2.47. The van der Waals surface area contributed by atoms with Crippen molar-refractivity contribution in [3.63, 3.8) is 0 Å². The van der Waals surface area contributed by atoms with E-state index < -0.39 is 30.5 Å². The Balaban J connectivity index is 2.10. The molecule has 0 saturated heterocycles. The second kappa shape index (κ2) is 8.27. The third-order valence-electron chi connectivity index (χ3n) is 2.63. The van der Waals surface area contributed by atoms with Crippen molar-refractivity contribution < 1.29 is 32.2 Å². The highest BCUT2D eigenvalue weighted by molar-refractivity contribution is 7.10. The summed E-state index contributed by atoms with van der Waals surface area (Å²) in [6.07, 6.45) is -3.57. The molecule has 0 bridgehead atoms. The molecule has 0 unspecified atom stereocenters. The fourth-order valence-electron chi connectivity index (χ4n) is 1.59. The van der Waals surface area contributed by atoms with Crippen LogP contribution in [-0.2, 0) is 4.74 Å². The number of nitrogens with zero attached hydrogens (tertiary/aromatic N) is 3. The van der Waals surface area contributed by atoms with E-state index in [4.69, 9.17) is 16.3 Å². The van der Waals surface area contributed by atoms with Crippen LogP contribution in [0.25, 0.3) is 0 Å². The van der Waals surface area contributed by atoms with Gasteiger partial charge in [-0.1, -0.05) is 16.1 Å². The van der Waals surface area contributed by atoms with Crippen LogP contribution in [0.3, 0.4) is 0 Å². The molecular weight excluding hydrogens is 401 g/mol. The summed E-state index contributed by atoms with van der Waals surface area (Å²) in [4.78, 5) is 27.5. The van der Waals surface area contributed by atoms with Gasteiger partial charge < -0.3 is 14.8 Å². The Morgan fingerprint density at radius 3 is 2.73 bits per heavy atom. The monoisotopic (exact) mass is 410 g/mol. The predicted molar refractivity (Wildman–Crippen MR) is 84.6 cm³/mol. The molecule has 2 aromatic heterocycles. The molecule has 1 N–H and O–H groups in total. The van der Waals surface area contributed by atoms with Gasteiger partial charge in [0.2, 0.25) is 11.6 Å². The second-order valence-electron chi connectivity index (χ2n) is 4.54. The predicted octanol–water partition coefficient (Wildman–Crippen LogP) is 2.96. The van der Waals surface area contributed by atoms with E-state index in [0.29, 0.717) is 0 Å². The molecule has 13 heteroatoms. The van der Waals surface area contributed by atoms with Crippen molar-refractivity contribution in [3.05, 3.63) is 28.5 Å². The average Bonchev–Trinajstić information content (AvgIpc) is 3.01. The van der Waals surface area contributed by atoms with Crippen molar-refractivity contribution in [3.8, 4) is 5.88 Å². The van der Waals surface area contributed by atoms with Crippen LogP contribution in [0, 0.1) is 0 Å². The minimum atomic E-state index is -4.55. The quantitative estimate of drug-likeness (QED) is 0.730. The minimum Gasteiger partial charge on any atom is -0.467 e. The second-order valence-corrected chi connectivity index (χ2v) is 5.70. The number of amides is 1. The lowest BCUT2D eigenvalue weighted by atomic mass is 10.2. The zero-order valence-electron chi connectivity index (χ0n) is 13.0. The van der Waals surface area contributed by atoms with E-state index in [1.54, 1.807) is 6.92 Å². The highest BCUT2D eigenvalue weighted by Crippen LogP contribution is 2.26. The van der Waals surface area contributed by atoms with Crippen molar-refractivity contribution in [2.24, 2.45) is 0 Å². The van der Waals surface area contributed by atoms with Gasteiger partial charge in [-0.25, -0.2) is 9.78 Å². The zero-order chi connectivity index (χ0) is 19.3. The maximum atomic E-state index is 12.2. The maximum Gasteiger partial charge on any atom is 0.422 e. The summed E-state index contributed by atoms with van der Waals surface area (Å²) < 4.78 is 49.2. The van der Waals surface area contributed by atoms with Gasteiger partial charge in [-0.15, -0.1) is 5.10 Å². The Morgan fingerprint density at radius 2 is 2.12 bits per heavy atom. The van der Waals surface area contributed by atoms with E-state index in [9.17, 15) is 22.8 Å². The first-order valence-corrected chi connectivity index (χ1v) is 8.02. The third-order valence-corrected chi connectivity index (χ3v) is 3.54. The van der Waals surface area contributed by atoms with Crippen LogP contribution in [0.2, 0.25) is 5.02 Å². The first kappa shape index (κ1) is 19.8. The average molecular weight is 411 g/mol. The van der Waals surface area contributed by atoms with Crippen molar-refractivity contribution >= 4 is 40.0 Å². The molecule has 0 aromatic carbocycles. The lowest BCUT2D eigenvalue weighted by Crippen LogP contribution is -2.20. The van der Waals surface area contributed by atoms with Crippen molar-refractivity contribution in [1.29, 1.82) is 0 Å². The van der Waals surface area contributed by atoms with Crippen LogP contribution in [0.15, 0.2) is 12.3 Å². The van der Waals surface area contributed by atoms with Crippen LogP contribution in [-0.4, -0.2) is 45.8 Å². The highest BCUT2D eigenvalue weighted by atomic mass is 35.5. The number of alkyl halides is 3. The van der Waals surface area contributed by atoms with Gasteiger partial charge in [0.05, 0.1) is 12.2 Å². The molecule has 26 heavy (non-hydrogen) atoms. The number of carbonyl (C=O) groups is 2. The Morgan fingerprint density at radius 1 is 1.38 bits per heavy atom. The van der Waals surface area contributed by atoms with E-state index >= 15 is 0 Å². The molecule has 8 nitrogen and oxygen atoms in total. The van der Waals surface area contributed by atoms with Crippen LogP contribution in [0.5, 0.6) is 5.88 Å². The molecule has 2 rings (SSSR count). The van der Waals surface area contributed by atoms with Gasteiger partial charge in [-0.3, -0.25) is 4.79 Å². The summed E-state index contributed by atoms with van der Waals surface area (Å²) >= 11 is 6.52. The molecule has 2 aromatic rings. The number of hydrogen-bond acceptors (Lipinski definition) is 8. The number of hydrogen-bond donors (Lipinski definition) is 1. The summed E-state index contributed by atoms with van der Waals surface area (Å²) in [5.41, 5.74) is -0.244. The number of halogens is 4. The van der Waals surface area contributed by atoms with Crippen LogP contribution < -0.4 is 10.1 Å². The number of ether oxygens (including phenoxy) is 2. The SMILES string of the molecule is CCOC(=O)c1nnsc1NC(=O)c1cnc(OCC(F)(F)F)c(Cl)c1. The molecule has 0 fully saturated rings. The lowest BCUT2D eigenvalue weighted by molar-refractivity contribution is -0.154. The molecule has 0 atom stereocenters. The molecule has 140 valence electrons. The van der Waals surface area contributed by atoms with E-state index in [0.717, 1.165) is 23.8 Å². The summed E-state index contributed by atoms with van der Waals surface area (Å²) in [7, 11) is 0. The Bertz CT molecular complexity index is 815. The molecular formula is C13H10ClF3N4O4S. The first-order valence-electron chi connectivity index (χ1n) is 6.87. The van der Waals surface area contributed by atoms with Crippen molar-refractivity contribution in [2.45, 2.75) is 13.1 Å². The fraction of sp³-hybridized carbons (Fsp3) is 0.308. The minimum absolute atomic E-state index is 0.0435. The smallest absolute Gasteiger partial charge is 0.422 e. The van der Waals surface area contributed by atoms with E-state index in [1.165, 1.54) is 0 Å². The number of aromatic nitrogens is 3. The molecule has 0 saturated carbocycles. The molecule has 0 radical (unpaired) electrons. The number of esters is 1. The normalized spacial score (nSPS) is 11.1. The summed E-state index contributed by atoms with van der Waals surface area (Å²) in [5.74, 6) is -1.95. The third kappa shape index (κ3) is 5.26. The molecule has 1 amide bonds. The standard InChI is InChI=1S/C13H10ClF3N4O4S/c1-2-24-12(23)8-11(26-21-20-8)19-9(22)6-3-7(14)10(18-4-6)25-5-13(15,16)17/h3-4H,2,5H2,1H3,(H,19,22). The highest BCUT2D eigenvalue weighted by Gasteiger charge is 2.29. The zero-order valence-corrected chi connectivity index (χ0v) is 14.5. The summed E-state index contributed by atoms with van der Waals surface area (Å²) in [5, 5.41) is 5.72. The molecule has 2 heterocycles. The van der Waals surface area contributed by atoms with Gasteiger partial charge in [0.15, 0.2) is 11.6 Å². The number of pyridine rings is 1. The van der Waals surface area contributed by atoms with Gasteiger partial charge in [0, 0.05) is 17.7 Å². The lowest BCUT2D eigenvalue weighted by Gasteiger charge is -2.10. The van der Waals surface area contributed by atoms with Gasteiger partial charge in [0.1, 0.15) is 5.02 Å². The molecule has 0 aliphatic heterocycles. The fourth-order valence-corrected chi connectivity index (χ4v) is 2.36. The van der Waals surface area contributed by atoms with Crippen LogP contribution >= 0.6 is 23.1 Å². The number of nitrogens with one attached hydrogen (secondary N) is 1. The van der Waals surface area contributed by atoms with E-state index in [2.05, 4.69) is 24.6 Å². The van der Waals surface area contributed by atoms with Gasteiger partial charge in [-0.05, 0) is 13.0 Å². The van der Waals surface area contributed by atoms with Crippen molar-refractivity contribution in [1.82, 2.24) is 14.6 Å². The van der Waals surface area contributed by atoms with Crippen molar-refractivity contribution in [2.75, 3.05) is 18.5 Å². The van der Waals surface area contributed by atoms with E-state index in [-0.39, 0.29) is 27.9 Å². The Kier molecular flexibility index (Phi) is 6.32. The Labute approximate surface area is 153 Å². The molecule has 0 aliphatic rings.